The van der Waals surface area contributed by atoms with Crippen molar-refractivity contribution in [2.75, 3.05) is 0 Å². The smallest absolute Gasteiger partial charge is 0.251 e. The van der Waals surface area contributed by atoms with Gasteiger partial charge in [-0.2, -0.15) is 0 Å². The molecular weight excluding hydrogens is 260 g/mol. The summed E-state index contributed by atoms with van der Waals surface area (Å²) >= 11 is 0. The van der Waals surface area contributed by atoms with E-state index in [1.807, 2.05) is 0 Å². The summed E-state index contributed by atoms with van der Waals surface area (Å²) in [4.78, 5) is 0. The van der Waals surface area contributed by atoms with Crippen LogP contribution >= 0.6 is 0 Å². The average Bonchev–Trinajstić information content (AvgIpc) is 2.65. The van der Waals surface area contributed by atoms with E-state index < -0.39 is 8.32 Å². The number of fused-ring (bicyclic) bond motifs is 1. The van der Waals surface area contributed by atoms with E-state index in [2.05, 4.69) is 72.0 Å². The summed E-state index contributed by atoms with van der Waals surface area (Å²) in [5, 5.41) is 0.248. The van der Waals surface area contributed by atoms with Crippen molar-refractivity contribution in [1.29, 1.82) is 0 Å². The summed E-state index contributed by atoms with van der Waals surface area (Å²) < 4.78 is 6.68. The van der Waals surface area contributed by atoms with Crippen LogP contribution < -0.4 is 0 Å². The molecule has 1 nitrogen and oxygen atoms in total. The molecule has 0 heterocycles. The fourth-order valence-corrected chi connectivity index (χ4v) is 5.16. The van der Waals surface area contributed by atoms with Crippen LogP contribution in [0.25, 0.3) is 5.76 Å². The van der Waals surface area contributed by atoms with Gasteiger partial charge in [0.25, 0.3) is 8.32 Å². The Morgan fingerprint density at radius 2 is 1.75 bits per heavy atom. The van der Waals surface area contributed by atoms with Crippen molar-refractivity contribution < 1.29 is 4.43 Å². The van der Waals surface area contributed by atoms with Crippen molar-refractivity contribution in [3.8, 4) is 0 Å². The monoisotopic (exact) mass is 288 g/mol. The molecule has 0 spiro atoms. The zero-order chi connectivity index (χ0) is 15.1. The highest BCUT2D eigenvalue weighted by Gasteiger charge is 2.45. The lowest BCUT2D eigenvalue weighted by atomic mass is 9.99. The summed E-state index contributed by atoms with van der Waals surface area (Å²) in [6.07, 6.45) is 1.04. The molecule has 1 aliphatic carbocycles. The Morgan fingerprint density at radius 1 is 1.15 bits per heavy atom. The Bertz CT molecular complexity index is 538. The molecule has 1 aliphatic rings. The molecule has 0 unspecified atom stereocenters. The van der Waals surface area contributed by atoms with Crippen molar-refractivity contribution in [1.82, 2.24) is 0 Å². The molecule has 0 saturated heterocycles. The van der Waals surface area contributed by atoms with Gasteiger partial charge >= 0.3 is 0 Å². The van der Waals surface area contributed by atoms with Crippen LogP contribution in [0.1, 0.15) is 45.7 Å². The quantitative estimate of drug-likeness (QED) is 0.652. The maximum Gasteiger partial charge on any atom is 0.251 e. The maximum absolute atomic E-state index is 6.68. The molecule has 2 rings (SSSR count). The highest BCUT2D eigenvalue weighted by molar-refractivity contribution is 6.75. The summed E-state index contributed by atoms with van der Waals surface area (Å²) in [7, 11) is -1.83. The number of benzene rings is 1. The van der Waals surface area contributed by atoms with Gasteiger partial charge in [0.15, 0.2) is 0 Å². The molecule has 0 atom stereocenters. The van der Waals surface area contributed by atoms with Crippen LogP contribution in [0, 0.1) is 5.92 Å². The molecule has 1 aromatic rings. The molecular formula is C18H28OSi. The highest BCUT2D eigenvalue weighted by Crippen LogP contribution is 2.47. The number of allylic oxidation sites excluding steroid dienone is 1. The van der Waals surface area contributed by atoms with E-state index >= 15 is 0 Å². The molecule has 0 aliphatic heterocycles. The van der Waals surface area contributed by atoms with Crippen LogP contribution in [0.4, 0.5) is 0 Å². The molecule has 20 heavy (non-hydrogen) atoms. The zero-order valence-electron chi connectivity index (χ0n) is 14.0. The minimum absolute atomic E-state index is 0.248. The average molecular weight is 289 g/mol. The van der Waals surface area contributed by atoms with E-state index in [-0.39, 0.29) is 5.04 Å². The van der Waals surface area contributed by atoms with Crippen LogP contribution in [0.3, 0.4) is 0 Å². The van der Waals surface area contributed by atoms with E-state index in [0.29, 0.717) is 5.92 Å². The van der Waals surface area contributed by atoms with Gasteiger partial charge in [-0.05, 0) is 48.5 Å². The van der Waals surface area contributed by atoms with Gasteiger partial charge in [0, 0.05) is 5.56 Å². The highest BCUT2D eigenvalue weighted by atomic mass is 28.4. The molecule has 0 aromatic heterocycles. The van der Waals surface area contributed by atoms with Gasteiger partial charge < -0.3 is 4.43 Å². The second kappa shape index (κ2) is 5.07. The second-order valence-corrected chi connectivity index (χ2v) is 11.9. The van der Waals surface area contributed by atoms with E-state index in [1.165, 1.54) is 16.7 Å². The molecule has 110 valence electrons. The molecule has 0 radical (unpaired) electrons. The lowest BCUT2D eigenvalue weighted by Crippen LogP contribution is -2.44. The topological polar surface area (TPSA) is 9.23 Å². The zero-order valence-corrected chi connectivity index (χ0v) is 15.0. The minimum atomic E-state index is -1.83. The molecule has 0 saturated carbocycles. The Hall–Kier alpha value is -1.02. The van der Waals surface area contributed by atoms with Gasteiger partial charge in [-0.1, -0.05) is 52.0 Å². The van der Waals surface area contributed by atoms with Crippen LogP contribution in [-0.4, -0.2) is 8.32 Å². The third-order valence-electron chi connectivity index (χ3n) is 5.46. The van der Waals surface area contributed by atoms with Crippen molar-refractivity contribution in [3.05, 3.63) is 41.0 Å². The number of rotatable bonds is 4. The van der Waals surface area contributed by atoms with Gasteiger partial charge in [0.05, 0.1) is 0 Å². The lowest BCUT2D eigenvalue weighted by Gasteiger charge is -2.43. The molecule has 1 aromatic carbocycles. The van der Waals surface area contributed by atoms with E-state index in [1.54, 1.807) is 0 Å². The van der Waals surface area contributed by atoms with Gasteiger partial charge in [-0.3, -0.25) is 0 Å². The van der Waals surface area contributed by atoms with Crippen molar-refractivity contribution >= 4 is 14.1 Å². The van der Waals surface area contributed by atoms with E-state index in [0.717, 1.165) is 12.2 Å². The molecule has 0 N–H and O–H groups in total. The first-order chi connectivity index (χ1) is 9.17. The fraction of sp³-hybridized carbons (Fsp3) is 0.556. The van der Waals surface area contributed by atoms with Crippen LogP contribution in [0.15, 0.2) is 29.8 Å². The predicted molar refractivity (Wildman–Crippen MR) is 90.2 cm³/mol. The van der Waals surface area contributed by atoms with Crippen LogP contribution in [0.5, 0.6) is 0 Å². The van der Waals surface area contributed by atoms with Crippen LogP contribution in [0.2, 0.25) is 18.1 Å². The second-order valence-electron chi connectivity index (χ2n) is 7.43. The Kier molecular flexibility index (Phi) is 3.89. The summed E-state index contributed by atoms with van der Waals surface area (Å²) in [6, 6.07) is 8.66. The fourth-order valence-electron chi connectivity index (χ4n) is 2.72. The Morgan fingerprint density at radius 3 is 2.35 bits per heavy atom. The van der Waals surface area contributed by atoms with Gasteiger partial charge in [0.1, 0.15) is 5.76 Å². The molecule has 2 heteroatoms. The van der Waals surface area contributed by atoms with Crippen molar-refractivity contribution in [2.24, 2.45) is 5.92 Å². The lowest BCUT2D eigenvalue weighted by molar-refractivity contribution is 0.377. The molecule has 0 amide bonds. The van der Waals surface area contributed by atoms with Gasteiger partial charge in [-0.25, -0.2) is 0 Å². The third kappa shape index (κ3) is 2.46. The van der Waals surface area contributed by atoms with E-state index in [4.69, 9.17) is 4.43 Å². The Balaban J connectivity index is 2.33. The normalized spacial score (nSPS) is 15.8. The number of hydrogen-bond acceptors (Lipinski definition) is 1. The van der Waals surface area contributed by atoms with Crippen LogP contribution in [-0.2, 0) is 10.8 Å². The SMILES string of the molecule is CC1=C(O[Si](C)(C)C(C)(C)C(C)C)c2ccccc2C1. The van der Waals surface area contributed by atoms with Gasteiger partial charge in [-0.15, -0.1) is 0 Å². The standard InChI is InChI=1S/C18H28OSi/c1-13(2)18(4,5)20(6,7)19-17-14(3)12-15-10-8-9-11-16(15)17/h8-11,13H,12H2,1-7H3. The first-order valence-corrected chi connectivity index (χ1v) is 10.5. The maximum atomic E-state index is 6.68. The molecule has 0 bridgehead atoms. The molecule has 0 fully saturated rings. The largest absolute Gasteiger partial charge is 0.543 e. The third-order valence-corrected chi connectivity index (χ3v) is 9.85. The number of hydrogen-bond donors (Lipinski definition) is 0. The van der Waals surface area contributed by atoms with Gasteiger partial charge in [0.2, 0.25) is 0 Å². The predicted octanol–water partition coefficient (Wildman–Crippen LogP) is 5.63. The van der Waals surface area contributed by atoms with Crippen molar-refractivity contribution in [3.63, 3.8) is 0 Å². The Labute approximate surface area is 125 Å². The van der Waals surface area contributed by atoms with E-state index in [9.17, 15) is 0 Å². The summed E-state index contributed by atoms with van der Waals surface area (Å²) in [5.41, 5.74) is 4.10. The minimum Gasteiger partial charge on any atom is -0.543 e. The van der Waals surface area contributed by atoms with Crippen molar-refractivity contribution in [2.45, 2.75) is 59.2 Å². The summed E-state index contributed by atoms with van der Waals surface area (Å²) in [6.45, 7) is 16.3. The summed E-state index contributed by atoms with van der Waals surface area (Å²) in [5.74, 6) is 1.78. The first-order valence-electron chi connectivity index (χ1n) is 7.64. The first kappa shape index (κ1) is 15.4.